The summed E-state index contributed by atoms with van der Waals surface area (Å²) >= 11 is 11.9. The number of amides is 2. The molecule has 5 nitrogen and oxygen atoms in total. The summed E-state index contributed by atoms with van der Waals surface area (Å²) in [7, 11) is 0. The number of carboxylic acid groups (broad SMARTS) is 1. The highest BCUT2D eigenvalue weighted by Crippen LogP contribution is 2.25. The molecule has 1 aromatic rings. The summed E-state index contributed by atoms with van der Waals surface area (Å²) in [6.07, 6.45) is 0.408. The summed E-state index contributed by atoms with van der Waals surface area (Å²) in [6.45, 7) is 2.09. The molecule has 0 heterocycles. The van der Waals surface area contributed by atoms with Crippen molar-refractivity contribution in [3.8, 4) is 0 Å². The van der Waals surface area contributed by atoms with Crippen LogP contribution in [0.4, 0.5) is 4.79 Å². The lowest BCUT2D eigenvalue weighted by Crippen LogP contribution is -2.37. The third-order valence-corrected chi connectivity index (χ3v) is 3.20. The molecule has 1 aromatic carbocycles. The summed E-state index contributed by atoms with van der Waals surface area (Å²) in [6, 6.07) is 4.35. The van der Waals surface area contributed by atoms with Crippen LogP contribution in [-0.2, 0) is 4.79 Å². The van der Waals surface area contributed by atoms with Gasteiger partial charge in [0.05, 0.1) is 6.04 Å². The Balaban J connectivity index is 2.45. The summed E-state index contributed by atoms with van der Waals surface area (Å²) in [5.41, 5.74) is 0.722. The van der Waals surface area contributed by atoms with Crippen LogP contribution in [0.1, 0.15) is 31.4 Å². The number of carboxylic acids is 1. The van der Waals surface area contributed by atoms with Crippen LogP contribution in [0, 0.1) is 0 Å². The molecular weight excluding hydrogens is 303 g/mol. The second kappa shape index (κ2) is 7.97. The van der Waals surface area contributed by atoms with Crippen LogP contribution in [0.15, 0.2) is 18.2 Å². The highest BCUT2D eigenvalue weighted by molar-refractivity contribution is 6.33. The number of urea groups is 1. The van der Waals surface area contributed by atoms with Crippen molar-refractivity contribution < 1.29 is 14.7 Å². The van der Waals surface area contributed by atoms with Gasteiger partial charge in [0.2, 0.25) is 0 Å². The molecule has 3 N–H and O–H groups in total. The van der Waals surface area contributed by atoms with Crippen LogP contribution in [0.3, 0.4) is 0 Å². The Morgan fingerprint density at radius 1 is 1.35 bits per heavy atom. The zero-order valence-corrected chi connectivity index (χ0v) is 12.5. The first kappa shape index (κ1) is 16.6. The van der Waals surface area contributed by atoms with Crippen LogP contribution in [0.5, 0.6) is 0 Å². The monoisotopic (exact) mass is 318 g/mol. The van der Waals surface area contributed by atoms with Gasteiger partial charge in [0.15, 0.2) is 0 Å². The lowest BCUT2D eigenvalue weighted by atomic mass is 10.1. The summed E-state index contributed by atoms with van der Waals surface area (Å²) in [5, 5.41) is 14.8. The Labute approximate surface area is 127 Å². The number of aliphatic carboxylic acids is 1. The molecule has 0 fully saturated rings. The van der Waals surface area contributed by atoms with Gasteiger partial charge in [0.25, 0.3) is 0 Å². The molecule has 0 unspecified atom stereocenters. The van der Waals surface area contributed by atoms with Gasteiger partial charge < -0.3 is 15.7 Å². The molecule has 20 heavy (non-hydrogen) atoms. The Bertz CT molecular complexity index is 495. The standard InChI is InChI=1S/C13H16Cl2N2O3/c1-8(10-7-9(14)4-5-11(10)15)17-13(20)16-6-2-3-12(18)19/h4-5,7-8H,2-3,6H2,1H3,(H,18,19)(H2,16,17,20)/t8-/m0/s1. The Morgan fingerprint density at radius 2 is 2.05 bits per heavy atom. The first-order valence-corrected chi connectivity index (χ1v) is 6.87. The molecular formula is C13H16Cl2N2O3. The maximum atomic E-state index is 11.6. The average molecular weight is 319 g/mol. The number of halogens is 2. The van der Waals surface area contributed by atoms with E-state index in [1.54, 1.807) is 25.1 Å². The number of rotatable bonds is 6. The number of carbonyl (C=O) groups excluding carboxylic acids is 1. The average Bonchev–Trinajstić information content (AvgIpc) is 2.37. The molecule has 0 aliphatic carbocycles. The smallest absolute Gasteiger partial charge is 0.315 e. The summed E-state index contributed by atoms with van der Waals surface area (Å²) in [4.78, 5) is 21.9. The van der Waals surface area contributed by atoms with E-state index in [1.165, 1.54) is 0 Å². The van der Waals surface area contributed by atoms with E-state index < -0.39 is 5.97 Å². The highest BCUT2D eigenvalue weighted by Gasteiger charge is 2.12. The van der Waals surface area contributed by atoms with E-state index in [9.17, 15) is 9.59 Å². The zero-order valence-electron chi connectivity index (χ0n) is 11.0. The maximum Gasteiger partial charge on any atom is 0.315 e. The molecule has 0 saturated heterocycles. The third kappa shape index (κ3) is 5.67. The molecule has 7 heteroatoms. The van der Waals surface area contributed by atoms with Gasteiger partial charge in [-0.05, 0) is 37.1 Å². The van der Waals surface area contributed by atoms with Gasteiger partial charge in [-0.1, -0.05) is 23.2 Å². The van der Waals surface area contributed by atoms with Crippen LogP contribution in [0.25, 0.3) is 0 Å². The Kier molecular flexibility index (Phi) is 6.61. The quantitative estimate of drug-likeness (QED) is 0.705. The van der Waals surface area contributed by atoms with Crippen molar-refractivity contribution >= 4 is 35.2 Å². The molecule has 2 amide bonds. The van der Waals surface area contributed by atoms with Gasteiger partial charge in [0.1, 0.15) is 0 Å². The maximum absolute atomic E-state index is 11.6. The lowest BCUT2D eigenvalue weighted by molar-refractivity contribution is -0.137. The van der Waals surface area contributed by atoms with Gasteiger partial charge in [0, 0.05) is 23.0 Å². The van der Waals surface area contributed by atoms with E-state index in [4.69, 9.17) is 28.3 Å². The van der Waals surface area contributed by atoms with Gasteiger partial charge in [-0.2, -0.15) is 0 Å². The van der Waals surface area contributed by atoms with Gasteiger partial charge in [-0.15, -0.1) is 0 Å². The van der Waals surface area contributed by atoms with Crippen LogP contribution in [0.2, 0.25) is 10.0 Å². The van der Waals surface area contributed by atoms with Crippen molar-refractivity contribution in [2.24, 2.45) is 0 Å². The number of carbonyl (C=O) groups is 2. The topological polar surface area (TPSA) is 78.4 Å². The summed E-state index contributed by atoms with van der Waals surface area (Å²) in [5.74, 6) is -0.883. The largest absolute Gasteiger partial charge is 0.481 e. The van der Waals surface area contributed by atoms with Crippen LogP contribution < -0.4 is 10.6 Å². The predicted octanol–water partition coefficient (Wildman–Crippen LogP) is 3.22. The fourth-order valence-corrected chi connectivity index (χ4v) is 2.08. The predicted molar refractivity (Wildman–Crippen MR) is 78.3 cm³/mol. The van der Waals surface area contributed by atoms with E-state index in [0.717, 1.165) is 5.56 Å². The molecule has 0 bridgehead atoms. The normalized spacial score (nSPS) is 11.8. The van der Waals surface area contributed by atoms with E-state index >= 15 is 0 Å². The van der Waals surface area contributed by atoms with Crippen molar-refractivity contribution in [3.63, 3.8) is 0 Å². The fourth-order valence-electron chi connectivity index (χ4n) is 1.61. The van der Waals surface area contributed by atoms with Gasteiger partial charge >= 0.3 is 12.0 Å². The molecule has 0 aliphatic heterocycles. The first-order chi connectivity index (χ1) is 9.40. The zero-order chi connectivity index (χ0) is 15.1. The van der Waals surface area contributed by atoms with E-state index in [2.05, 4.69) is 10.6 Å². The minimum absolute atomic E-state index is 0.0238. The fraction of sp³-hybridized carbons (Fsp3) is 0.385. The molecule has 1 atom stereocenters. The van der Waals surface area contributed by atoms with Crippen molar-refractivity contribution in [1.82, 2.24) is 10.6 Å². The third-order valence-electron chi connectivity index (χ3n) is 2.63. The van der Waals surface area contributed by atoms with Gasteiger partial charge in [-0.3, -0.25) is 4.79 Å². The molecule has 0 aliphatic rings. The molecule has 0 radical (unpaired) electrons. The molecule has 0 aromatic heterocycles. The second-order valence-corrected chi connectivity index (χ2v) is 5.13. The van der Waals surface area contributed by atoms with Crippen molar-refractivity contribution in [3.05, 3.63) is 33.8 Å². The number of benzene rings is 1. The Morgan fingerprint density at radius 3 is 2.70 bits per heavy atom. The van der Waals surface area contributed by atoms with E-state index in [0.29, 0.717) is 23.0 Å². The molecule has 0 saturated carbocycles. The number of nitrogens with one attached hydrogen (secondary N) is 2. The first-order valence-electron chi connectivity index (χ1n) is 6.11. The van der Waals surface area contributed by atoms with Gasteiger partial charge in [-0.25, -0.2) is 4.79 Å². The number of hydrogen-bond donors (Lipinski definition) is 3. The minimum atomic E-state index is -0.883. The molecule has 1 rings (SSSR count). The van der Waals surface area contributed by atoms with Crippen LogP contribution in [-0.4, -0.2) is 23.7 Å². The van der Waals surface area contributed by atoms with E-state index in [1.807, 2.05) is 0 Å². The summed E-state index contributed by atoms with van der Waals surface area (Å²) < 4.78 is 0. The SMILES string of the molecule is C[C@H](NC(=O)NCCCC(=O)O)c1cc(Cl)ccc1Cl. The second-order valence-electron chi connectivity index (χ2n) is 4.29. The molecule has 110 valence electrons. The lowest BCUT2D eigenvalue weighted by Gasteiger charge is -2.16. The highest BCUT2D eigenvalue weighted by atomic mass is 35.5. The van der Waals surface area contributed by atoms with Crippen molar-refractivity contribution in [2.75, 3.05) is 6.54 Å². The number of hydrogen-bond acceptors (Lipinski definition) is 2. The van der Waals surface area contributed by atoms with E-state index in [-0.39, 0.29) is 18.5 Å². The minimum Gasteiger partial charge on any atom is -0.481 e. The molecule has 0 spiro atoms. The van der Waals surface area contributed by atoms with Crippen LogP contribution >= 0.6 is 23.2 Å². The van der Waals surface area contributed by atoms with Crippen molar-refractivity contribution in [1.29, 1.82) is 0 Å². The Hall–Kier alpha value is -1.46. The van der Waals surface area contributed by atoms with Crippen molar-refractivity contribution in [2.45, 2.75) is 25.8 Å².